The van der Waals surface area contributed by atoms with Gasteiger partial charge in [0.2, 0.25) is 11.8 Å². The number of aryl methyl sites for hydroxylation is 1. The van der Waals surface area contributed by atoms with E-state index in [1.807, 2.05) is 34.1 Å². The Bertz CT molecular complexity index is 899. The molecule has 5 heteroatoms. The number of nitrogens with zero attached hydrogens (tertiary/aromatic N) is 3. The largest absolute Gasteiger partial charge is 0.368 e. The third-order valence-corrected chi connectivity index (χ3v) is 6.23. The molecule has 0 bridgehead atoms. The van der Waals surface area contributed by atoms with E-state index < -0.39 is 0 Å². The van der Waals surface area contributed by atoms with Gasteiger partial charge in [-0.15, -0.1) is 0 Å². The number of rotatable bonds is 4. The predicted molar refractivity (Wildman–Crippen MR) is 116 cm³/mol. The molecular weight excluding hydrogens is 362 g/mol. The van der Waals surface area contributed by atoms with Crippen molar-refractivity contribution in [1.82, 2.24) is 4.90 Å². The molecule has 2 aliphatic rings. The monoisotopic (exact) mass is 391 g/mol. The maximum Gasteiger partial charge on any atom is 0.227 e. The van der Waals surface area contributed by atoms with Gasteiger partial charge in [-0.05, 0) is 55.2 Å². The summed E-state index contributed by atoms with van der Waals surface area (Å²) in [5, 5.41) is 0. The highest BCUT2D eigenvalue weighted by molar-refractivity contribution is 5.95. The first-order chi connectivity index (χ1) is 14.0. The van der Waals surface area contributed by atoms with Gasteiger partial charge in [0, 0.05) is 50.5 Å². The lowest BCUT2D eigenvalue weighted by Gasteiger charge is -2.37. The van der Waals surface area contributed by atoms with Gasteiger partial charge in [0.15, 0.2) is 0 Å². The van der Waals surface area contributed by atoms with Crippen molar-refractivity contribution in [2.75, 3.05) is 42.5 Å². The van der Waals surface area contributed by atoms with Crippen LogP contribution < -0.4 is 9.80 Å². The molecule has 2 amide bonds. The topological polar surface area (TPSA) is 43.9 Å². The van der Waals surface area contributed by atoms with Crippen molar-refractivity contribution in [3.05, 3.63) is 59.2 Å². The van der Waals surface area contributed by atoms with Crippen LogP contribution in [-0.4, -0.2) is 49.4 Å². The Kier molecular flexibility index (Phi) is 5.56. The zero-order chi connectivity index (χ0) is 20.4. The molecule has 2 aromatic rings. The minimum absolute atomic E-state index is 0.176. The van der Waals surface area contributed by atoms with Crippen LogP contribution >= 0.6 is 0 Å². The highest BCUT2D eigenvalue weighted by atomic mass is 16.2. The van der Waals surface area contributed by atoms with Gasteiger partial charge in [0.05, 0.1) is 6.42 Å². The zero-order valence-corrected chi connectivity index (χ0v) is 17.4. The number of piperazine rings is 1. The summed E-state index contributed by atoms with van der Waals surface area (Å²) in [5.41, 5.74) is 5.85. The van der Waals surface area contributed by atoms with Gasteiger partial charge >= 0.3 is 0 Å². The fourth-order valence-electron chi connectivity index (χ4n) is 4.28. The summed E-state index contributed by atoms with van der Waals surface area (Å²) in [6.45, 7) is 8.35. The molecule has 4 rings (SSSR count). The number of benzene rings is 2. The van der Waals surface area contributed by atoms with Crippen LogP contribution in [-0.2, 0) is 16.0 Å². The van der Waals surface area contributed by atoms with E-state index in [0.29, 0.717) is 12.8 Å². The Morgan fingerprint density at radius 1 is 0.931 bits per heavy atom. The first-order valence-corrected chi connectivity index (χ1v) is 10.5. The van der Waals surface area contributed by atoms with Gasteiger partial charge < -0.3 is 14.7 Å². The van der Waals surface area contributed by atoms with Crippen LogP contribution in [0.2, 0.25) is 0 Å². The van der Waals surface area contributed by atoms with Crippen LogP contribution in [0.3, 0.4) is 0 Å². The van der Waals surface area contributed by atoms with Crippen LogP contribution in [0.5, 0.6) is 0 Å². The molecule has 0 aliphatic carbocycles. The summed E-state index contributed by atoms with van der Waals surface area (Å²) in [7, 11) is 0. The Labute approximate surface area is 172 Å². The molecule has 0 radical (unpaired) electrons. The minimum Gasteiger partial charge on any atom is -0.368 e. The summed E-state index contributed by atoms with van der Waals surface area (Å²) < 4.78 is 0. The van der Waals surface area contributed by atoms with Crippen molar-refractivity contribution in [1.29, 1.82) is 0 Å². The number of hydrogen-bond donors (Lipinski definition) is 0. The second-order valence-corrected chi connectivity index (χ2v) is 8.08. The van der Waals surface area contributed by atoms with Crippen LogP contribution in [0.1, 0.15) is 29.5 Å². The molecule has 2 fully saturated rings. The molecule has 0 spiro atoms. The SMILES string of the molecule is Cc1cccc(N2CCN(C(=O)Cc3ccc(N4CCCC4=O)cc3)CC2)c1C. The fraction of sp³-hybridized carbons (Fsp3) is 0.417. The van der Waals surface area contributed by atoms with Crippen molar-refractivity contribution in [3.8, 4) is 0 Å². The van der Waals surface area contributed by atoms with Crippen LogP contribution in [0, 0.1) is 13.8 Å². The fourth-order valence-corrected chi connectivity index (χ4v) is 4.28. The van der Waals surface area contributed by atoms with E-state index in [4.69, 9.17) is 0 Å². The minimum atomic E-state index is 0.176. The molecule has 0 saturated carbocycles. The quantitative estimate of drug-likeness (QED) is 0.803. The van der Waals surface area contributed by atoms with E-state index in [1.54, 1.807) is 0 Å². The van der Waals surface area contributed by atoms with Crippen molar-refractivity contribution >= 4 is 23.2 Å². The number of amides is 2. The van der Waals surface area contributed by atoms with Gasteiger partial charge in [-0.3, -0.25) is 9.59 Å². The third-order valence-electron chi connectivity index (χ3n) is 6.23. The number of hydrogen-bond acceptors (Lipinski definition) is 3. The highest BCUT2D eigenvalue weighted by Crippen LogP contribution is 2.25. The lowest BCUT2D eigenvalue weighted by Crippen LogP contribution is -2.49. The van der Waals surface area contributed by atoms with Gasteiger partial charge in [0.25, 0.3) is 0 Å². The van der Waals surface area contributed by atoms with Gasteiger partial charge in [-0.2, -0.15) is 0 Å². The Hall–Kier alpha value is -2.82. The Balaban J connectivity index is 1.33. The van der Waals surface area contributed by atoms with E-state index in [-0.39, 0.29) is 11.8 Å². The summed E-state index contributed by atoms with van der Waals surface area (Å²) in [4.78, 5) is 30.8. The lowest BCUT2D eigenvalue weighted by molar-refractivity contribution is -0.130. The molecule has 0 aromatic heterocycles. The average Bonchev–Trinajstić information content (AvgIpc) is 3.17. The van der Waals surface area contributed by atoms with Crippen molar-refractivity contribution in [3.63, 3.8) is 0 Å². The maximum absolute atomic E-state index is 12.8. The first-order valence-electron chi connectivity index (χ1n) is 10.5. The van der Waals surface area contributed by atoms with Gasteiger partial charge in [-0.1, -0.05) is 24.3 Å². The summed E-state index contributed by atoms with van der Waals surface area (Å²) in [6, 6.07) is 14.3. The van der Waals surface area contributed by atoms with E-state index in [1.165, 1.54) is 16.8 Å². The number of carbonyl (C=O) groups excluding carboxylic acids is 2. The molecule has 0 N–H and O–H groups in total. The second-order valence-electron chi connectivity index (χ2n) is 8.08. The summed E-state index contributed by atoms with van der Waals surface area (Å²) >= 11 is 0. The third kappa shape index (κ3) is 4.14. The van der Waals surface area contributed by atoms with Gasteiger partial charge in [-0.25, -0.2) is 0 Å². The molecule has 2 aliphatic heterocycles. The Morgan fingerprint density at radius 2 is 1.66 bits per heavy atom. The molecule has 0 atom stereocenters. The lowest BCUT2D eigenvalue weighted by atomic mass is 10.1. The van der Waals surface area contributed by atoms with E-state index in [0.717, 1.165) is 50.4 Å². The molecule has 29 heavy (non-hydrogen) atoms. The smallest absolute Gasteiger partial charge is 0.227 e. The van der Waals surface area contributed by atoms with E-state index in [9.17, 15) is 9.59 Å². The zero-order valence-electron chi connectivity index (χ0n) is 17.4. The number of anilines is 2. The summed E-state index contributed by atoms with van der Waals surface area (Å²) in [5.74, 6) is 0.367. The molecule has 2 heterocycles. The summed E-state index contributed by atoms with van der Waals surface area (Å²) in [6.07, 6.45) is 1.97. The number of carbonyl (C=O) groups is 2. The molecule has 2 aromatic carbocycles. The highest BCUT2D eigenvalue weighted by Gasteiger charge is 2.23. The standard InChI is InChI=1S/C24H29N3O2/c1-18-5-3-6-22(19(18)2)25-13-15-26(16-14-25)24(29)17-20-8-10-21(11-9-20)27-12-4-7-23(27)28/h3,5-6,8-11H,4,7,12-17H2,1-2H3. The first kappa shape index (κ1) is 19.5. The molecule has 152 valence electrons. The van der Waals surface area contributed by atoms with Gasteiger partial charge in [0.1, 0.15) is 0 Å². The van der Waals surface area contributed by atoms with Crippen LogP contribution in [0.25, 0.3) is 0 Å². The molecule has 5 nitrogen and oxygen atoms in total. The van der Waals surface area contributed by atoms with Crippen LogP contribution in [0.4, 0.5) is 11.4 Å². The Morgan fingerprint density at radius 3 is 2.31 bits per heavy atom. The molecule has 0 unspecified atom stereocenters. The predicted octanol–water partition coefficient (Wildman–Crippen LogP) is 3.32. The van der Waals surface area contributed by atoms with Crippen molar-refractivity contribution < 1.29 is 9.59 Å². The van der Waals surface area contributed by atoms with E-state index >= 15 is 0 Å². The maximum atomic E-state index is 12.8. The normalized spacial score (nSPS) is 17.2. The molecule has 2 saturated heterocycles. The van der Waals surface area contributed by atoms with E-state index in [2.05, 4.69) is 36.9 Å². The second kappa shape index (κ2) is 8.27. The van der Waals surface area contributed by atoms with Crippen LogP contribution in [0.15, 0.2) is 42.5 Å². The molecular formula is C24H29N3O2. The van der Waals surface area contributed by atoms with Crippen molar-refractivity contribution in [2.24, 2.45) is 0 Å². The average molecular weight is 392 g/mol. The van der Waals surface area contributed by atoms with Crippen molar-refractivity contribution in [2.45, 2.75) is 33.1 Å².